The maximum Gasteiger partial charge on any atom is 0.0462 e. The fraction of sp³-hybridized carbons (Fsp3) is 0.0233. The van der Waals surface area contributed by atoms with Gasteiger partial charge in [0, 0.05) is 31.9 Å². The maximum atomic E-state index is 3.60. The summed E-state index contributed by atoms with van der Waals surface area (Å²) in [6.45, 7) is 0. The van der Waals surface area contributed by atoms with Crippen LogP contribution in [0.2, 0.25) is 0 Å². The molecule has 0 heterocycles. The number of nitrogens with zero attached hydrogens (tertiary/aromatic N) is 1. The molecule has 0 radical (unpaired) electrons. The molecule has 0 saturated heterocycles. The predicted molar refractivity (Wildman–Crippen MR) is 200 cm³/mol. The van der Waals surface area contributed by atoms with E-state index in [1.807, 2.05) is 0 Å². The minimum Gasteiger partial charge on any atom is -0.311 e. The predicted octanol–water partition coefficient (Wildman–Crippen LogP) is 13.2. The number of benzene rings is 7. The molecule has 0 bridgehead atoms. The van der Waals surface area contributed by atoms with Gasteiger partial charge < -0.3 is 4.90 Å². The minimum atomic E-state index is 0.155. The van der Waals surface area contributed by atoms with Crippen LogP contribution >= 0.6 is 31.9 Å². The largest absolute Gasteiger partial charge is 0.311 e. The summed E-state index contributed by atoms with van der Waals surface area (Å²) in [6, 6.07) is 61.5. The van der Waals surface area contributed by atoms with Gasteiger partial charge >= 0.3 is 0 Å². The van der Waals surface area contributed by atoms with Gasteiger partial charge in [-0.25, -0.2) is 0 Å². The van der Waals surface area contributed by atoms with Crippen molar-refractivity contribution in [2.75, 3.05) is 4.90 Å². The molecular formula is C43H29Br2N. The van der Waals surface area contributed by atoms with E-state index in [0.29, 0.717) is 0 Å². The van der Waals surface area contributed by atoms with Crippen molar-refractivity contribution < 1.29 is 0 Å². The zero-order valence-corrected chi connectivity index (χ0v) is 28.1. The van der Waals surface area contributed by atoms with Crippen molar-refractivity contribution in [1.29, 1.82) is 0 Å². The summed E-state index contributed by atoms with van der Waals surface area (Å²) in [4.78, 5) is 2.30. The Hall–Kier alpha value is -4.70. The highest BCUT2D eigenvalue weighted by Crippen LogP contribution is 2.50. The molecule has 7 aromatic carbocycles. The first-order valence-corrected chi connectivity index (χ1v) is 17.0. The molecule has 0 N–H and O–H groups in total. The van der Waals surface area contributed by atoms with Crippen LogP contribution in [-0.4, -0.2) is 0 Å². The molecule has 3 heteroatoms. The van der Waals surface area contributed by atoms with Gasteiger partial charge in [0.15, 0.2) is 0 Å². The topological polar surface area (TPSA) is 3.24 Å². The Labute approximate surface area is 287 Å². The molecule has 0 spiro atoms. The van der Waals surface area contributed by atoms with Gasteiger partial charge in [0.25, 0.3) is 0 Å². The molecule has 1 aliphatic carbocycles. The van der Waals surface area contributed by atoms with Crippen LogP contribution in [-0.2, 0) is 0 Å². The van der Waals surface area contributed by atoms with Crippen LogP contribution < -0.4 is 4.90 Å². The quantitative estimate of drug-likeness (QED) is 0.165. The van der Waals surface area contributed by atoms with E-state index in [2.05, 4.69) is 207 Å². The zero-order valence-electron chi connectivity index (χ0n) is 24.9. The molecule has 7 aromatic rings. The third-order valence-corrected chi connectivity index (χ3v) is 9.94. The van der Waals surface area contributed by atoms with Gasteiger partial charge in [0.1, 0.15) is 0 Å². The van der Waals surface area contributed by atoms with E-state index >= 15 is 0 Å². The van der Waals surface area contributed by atoms with Crippen molar-refractivity contribution in [3.63, 3.8) is 0 Å². The SMILES string of the molecule is Brc1ccc(N(c2ccc(Br)cc2)c2ccc(C3c4ccc(-c5ccccc5)cc4-c4cc(-c5ccccc5)ccc43)cc2)cc1. The van der Waals surface area contributed by atoms with E-state index in [4.69, 9.17) is 0 Å². The van der Waals surface area contributed by atoms with Crippen LogP contribution in [0.15, 0.2) is 179 Å². The minimum absolute atomic E-state index is 0.155. The second kappa shape index (κ2) is 12.2. The summed E-state index contributed by atoms with van der Waals surface area (Å²) >= 11 is 7.20. The first-order chi connectivity index (χ1) is 22.6. The van der Waals surface area contributed by atoms with E-state index < -0.39 is 0 Å². The van der Waals surface area contributed by atoms with Crippen LogP contribution in [0.3, 0.4) is 0 Å². The summed E-state index contributed by atoms with van der Waals surface area (Å²) in [5.41, 5.74) is 14.9. The molecule has 0 atom stereocenters. The third kappa shape index (κ3) is 5.40. The summed E-state index contributed by atoms with van der Waals surface area (Å²) in [7, 11) is 0. The molecule has 8 rings (SSSR count). The zero-order chi connectivity index (χ0) is 31.0. The molecule has 1 aliphatic rings. The van der Waals surface area contributed by atoms with Crippen molar-refractivity contribution >= 4 is 48.9 Å². The monoisotopic (exact) mass is 717 g/mol. The lowest BCUT2D eigenvalue weighted by atomic mass is 9.88. The first-order valence-electron chi connectivity index (χ1n) is 15.4. The van der Waals surface area contributed by atoms with Gasteiger partial charge in [0.2, 0.25) is 0 Å². The normalized spacial score (nSPS) is 12.0. The van der Waals surface area contributed by atoms with Crippen molar-refractivity contribution in [1.82, 2.24) is 0 Å². The van der Waals surface area contributed by atoms with Gasteiger partial charge in [-0.15, -0.1) is 0 Å². The van der Waals surface area contributed by atoms with E-state index in [-0.39, 0.29) is 5.92 Å². The van der Waals surface area contributed by atoms with E-state index in [1.54, 1.807) is 0 Å². The summed E-state index contributed by atoms with van der Waals surface area (Å²) in [6.07, 6.45) is 0. The second-order valence-corrected chi connectivity index (χ2v) is 13.5. The first kappa shape index (κ1) is 28.8. The van der Waals surface area contributed by atoms with Gasteiger partial charge in [-0.1, -0.05) is 129 Å². The number of hydrogen-bond acceptors (Lipinski definition) is 1. The highest BCUT2D eigenvalue weighted by Gasteiger charge is 2.31. The second-order valence-electron chi connectivity index (χ2n) is 11.6. The van der Waals surface area contributed by atoms with Crippen LogP contribution in [0.1, 0.15) is 22.6 Å². The maximum absolute atomic E-state index is 3.60. The lowest BCUT2D eigenvalue weighted by molar-refractivity contribution is 1.01. The van der Waals surface area contributed by atoms with E-state index in [1.165, 1.54) is 50.1 Å². The molecule has 0 saturated carbocycles. The third-order valence-electron chi connectivity index (χ3n) is 8.89. The molecule has 0 fully saturated rings. The lowest BCUT2D eigenvalue weighted by Gasteiger charge is -2.26. The Morgan fingerprint density at radius 1 is 0.370 bits per heavy atom. The lowest BCUT2D eigenvalue weighted by Crippen LogP contribution is -2.10. The molecule has 46 heavy (non-hydrogen) atoms. The standard InChI is InChI=1S/C43H29Br2N/c44-34-15-21-37(22-16-34)46(38-23-17-35(45)18-24-38)36-19-11-31(12-20-36)43-39-25-13-32(29-7-3-1-4-8-29)27-41(39)42-28-33(14-26-40(42)43)30-9-5-2-6-10-30/h1-28,43H. The summed E-state index contributed by atoms with van der Waals surface area (Å²) < 4.78 is 2.12. The van der Waals surface area contributed by atoms with Crippen LogP contribution in [0.25, 0.3) is 33.4 Å². The average Bonchev–Trinajstić information content (AvgIpc) is 3.44. The molecule has 0 unspecified atom stereocenters. The Bertz CT molecular complexity index is 2000. The van der Waals surface area contributed by atoms with E-state index in [9.17, 15) is 0 Å². The van der Waals surface area contributed by atoms with Crippen molar-refractivity contribution in [2.24, 2.45) is 0 Å². The smallest absolute Gasteiger partial charge is 0.0462 e. The molecular weight excluding hydrogens is 690 g/mol. The van der Waals surface area contributed by atoms with Crippen molar-refractivity contribution in [3.05, 3.63) is 195 Å². The number of halogens is 2. The highest BCUT2D eigenvalue weighted by atomic mass is 79.9. The van der Waals surface area contributed by atoms with Gasteiger partial charge in [-0.3, -0.25) is 0 Å². The summed E-state index contributed by atoms with van der Waals surface area (Å²) in [5.74, 6) is 0.155. The van der Waals surface area contributed by atoms with Crippen LogP contribution in [0, 0.1) is 0 Å². The number of anilines is 3. The Balaban J connectivity index is 1.23. The number of fused-ring (bicyclic) bond motifs is 3. The van der Waals surface area contributed by atoms with Gasteiger partial charge in [-0.2, -0.15) is 0 Å². The molecule has 1 nitrogen and oxygen atoms in total. The number of hydrogen-bond donors (Lipinski definition) is 0. The molecule has 0 amide bonds. The van der Waals surface area contributed by atoms with Crippen LogP contribution in [0.5, 0.6) is 0 Å². The Kier molecular flexibility index (Phi) is 7.65. The Morgan fingerprint density at radius 3 is 1.17 bits per heavy atom. The van der Waals surface area contributed by atoms with Crippen molar-refractivity contribution in [3.8, 4) is 33.4 Å². The highest BCUT2D eigenvalue weighted by molar-refractivity contribution is 9.10. The molecule has 0 aromatic heterocycles. The molecule has 220 valence electrons. The van der Waals surface area contributed by atoms with Gasteiger partial charge in [-0.05, 0) is 123 Å². The van der Waals surface area contributed by atoms with Crippen LogP contribution in [0.4, 0.5) is 17.1 Å². The Morgan fingerprint density at radius 2 is 0.761 bits per heavy atom. The molecule has 0 aliphatic heterocycles. The van der Waals surface area contributed by atoms with Gasteiger partial charge in [0.05, 0.1) is 0 Å². The fourth-order valence-electron chi connectivity index (χ4n) is 6.67. The number of rotatable bonds is 6. The van der Waals surface area contributed by atoms with E-state index in [0.717, 1.165) is 26.0 Å². The fourth-order valence-corrected chi connectivity index (χ4v) is 7.20. The van der Waals surface area contributed by atoms with Crippen molar-refractivity contribution in [2.45, 2.75) is 5.92 Å². The summed E-state index contributed by atoms with van der Waals surface area (Å²) in [5, 5.41) is 0. The average molecular weight is 720 g/mol.